The van der Waals surface area contributed by atoms with Crippen molar-refractivity contribution in [1.29, 1.82) is 0 Å². The van der Waals surface area contributed by atoms with E-state index in [4.69, 9.17) is 0 Å². The van der Waals surface area contributed by atoms with Crippen LogP contribution in [0.3, 0.4) is 0 Å². The van der Waals surface area contributed by atoms with Crippen LogP contribution in [-0.4, -0.2) is 35.8 Å². The summed E-state index contributed by atoms with van der Waals surface area (Å²) in [5, 5.41) is 16.4. The summed E-state index contributed by atoms with van der Waals surface area (Å²) in [6.45, 7) is 0. The van der Waals surface area contributed by atoms with Crippen molar-refractivity contribution < 1.29 is 4.92 Å². The molecule has 1 fully saturated rings. The fourth-order valence-electron chi connectivity index (χ4n) is 1.58. The minimum Gasteiger partial charge on any atom is -0.303 e. The number of hydrogen-bond donors (Lipinski definition) is 0. The van der Waals surface area contributed by atoms with Crippen molar-refractivity contribution in [2.75, 3.05) is 14.1 Å². The van der Waals surface area contributed by atoms with Gasteiger partial charge in [-0.1, -0.05) is 0 Å². The Hall–Kier alpha value is -1.13. The van der Waals surface area contributed by atoms with Crippen molar-refractivity contribution in [2.45, 2.75) is 31.7 Å². The Morgan fingerprint density at radius 3 is 2.77 bits per heavy atom. The van der Waals surface area contributed by atoms with Crippen molar-refractivity contribution in [1.82, 2.24) is 5.01 Å². The molecule has 5 nitrogen and oxygen atoms in total. The van der Waals surface area contributed by atoms with Gasteiger partial charge in [-0.15, -0.1) is 0 Å². The molecule has 0 bridgehead atoms. The molecule has 0 aromatic rings. The molecule has 0 heterocycles. The van der Waals surface area contributed by atoms with Crippen molar-refractivity contribution in [3.05, 3.63) is 10.1 Å². The van der Waals surface area contributed by atoms with Crippen molar-refractivity contribution in [3.63, 3.8) is 0 Å². The second kappa shape index (κ2) is 4.20. The Labute approximate surface area is 77.6 Å². The minimum atomic E-state index is -0.545. The maximum Gasteiger partial charge on any atom is 0.252 e. The largest absolute Gasteiger partial charge is 0.303 e. The molecular weight excluding hydrogens is 170 g/mol. The highest BCUT2D eigenvalue weighted by Gasteiger charge is 2.30. The molecule has 1 aliphatic carbocycles. The lowest BCUT2D eigenvalue weighted by molar-refractivity contribution is -0.505. The van der Waals surface area contributed by atoms with Gasteiger partial charge in [0.1, 0.15) is 5.71 Å². The highest BCUT2D eigenvalue weighted by atomic mass is 16.6. The van der Waals surface area contributed by atoms with Crippen LogP contribution >= 0.6 is 0 Å². The van der Waals surface area contributed by atoms with Gasteiger partial charge in [0.25, 0.3) is 6.04 Å². The van der Waals surface area contributed by atoms with Gasteiger partial charge in [-0.05, 0) is 19.3 Å². The van der Waals surface area contributed by atoms with Gasteiger partial charge in [-0.2, -0.15) is 5.10 Å². The third-order valence-corrected chi connectivity index (χ3v) is 2.13. The normalized spacial score (nSPS) is 26.0. The van der Waals surface area contributed by atoms with Crippen LogP contribution in [0.2, 0.25) is 0 Å². The van der Waals surface area contributed by atoms with Crippen LogP contribution in [-0.2, 0) is 0 Å². The van der Waals surface area contributed by atoms with Gasteiger partial charge >= 0.3 is 0 Å². The average Bonchev–Trinajstić information content (AvgIpc) is 2.03. The maximum absolute atomic E-state index is 10.7. The first-order valence-corrected chi connectivity index (χ1v) is 4.49. The average molecular weight is 185 g/mol. The Bertz CT molecular complexity index is 225. The maximum atomic E-state index is 10.7. The Balaban J connectivity index is 2.73. The lowest BCUT2D eigenvalue weighted by atomic mass is 9.94. The first-order valence-electron chi connectivity index (χ1n) is 4.49. The number of nitrogens with zero attached hydrogens (tertiary/aromatic N) is 3. The molecule has 1 atom stereocenters. The topological polar surface area (TPSA) is 58.7 Å². The monoisotopic (exact) mass is 185 g/mol. The molecule has 0 spiro atoms. The molecule has 74 valence electrons. The van der Waals surface area contributed by atoms with Gasteiger partial charge in [0.15, 0.2) is 0 Å². The smallest absolute Gasteiger partial charge is 0.252 e. The summed E-state index contributed by atoms with van der Waals surface area (Å²) in [5.41, 5.74) is 0.723. The van der Waals surface area contributed by atoms with Gasteiger partial charge in [-0.3, -0.25) is 10.1 Å². The molecule has 1 aliphatic rings. The summed E-state index contributed by atoms with van der Waals surface area (Å²) in [6, 6.07) is -0.545. The number of nitro groups is 1. The van der Waals surface area contributed by atoms with E-state index >= 15 is 0 Å². The molecule has 0 amide bonds. The highest BCUT2D eigenvalue weighted by Crippen LogP contribution is 2.18. The van der Waals surface area contributed by atoms with Gasteiger partial charge in [-0.25, -0.2) is 0 Å². The van der Waals surface area contributed by atoms with E-state index in [1.54, 1.807) is 19.1 Å². The van der Waals surface area contributed by atoms with Gasteiger partial charge in [0.2, 0.25) is 0 Å². The Morgan fingerprint density at radius 2 is 2.23 bits per heavy atom. The second-order valence-electron chi connectivity index (χ2n) is 3.49. The van der Waals surface area contributed by atoms with Crippen LogP contribution in [0.25, 0.3) is 0 Å². The summed E-state index contributed by atoms with van der Waals surface area (Å²) in [5.74, 6) is 0. The van der Waals surface area contributed by atoms with E-state index < -0.39 is 6.04 Å². The standard InChI is InChI=1S/C8H15N3O2/c1-10(2)9-7-5-3-4-6-8(7)11(12)13/h8H,3-6H2,1-2H3/b9-7-. The predicted octanol–water partition coefficient (Wildman–Crippen LogP) is 1.12. The molecule has 13 heavy (non-hydrogen) atoms. The third kappa shape index (κ3) is 2.68. The summed E-state index contributed by atoms with van der Waals surface area (Å²) < 4.78 is 0. The summed E-state index contributed by atoms with van der Waals surface area (Å²) in [7, 11) is 3.58. The zero-order valence-electron chi connectivity index (χ0n) is 8.06. The molecule has 5 heteroatoms. The summed E-state index contributed by atoms with van der Waals surface area (Å²) >= 11 is 0. The van der Waals surface area contributed by atoms with E-state index in [0.717, 1.165) is 25.0 Å². The van der Waals surface area contributed by atoms with Gasteiger partial charge in [0.05, 0.1) is 0 Å². The van der Waals surface area contributed by atoms with E-state index in [2.05, 4.69) is 5.10 Å². The highest BCUT2D eigenvalue weighted by molar-refractivity contribution is 5.88. The van der Waals surface area contributed by atoms with Crippen LogP contribution in [0.4, 0.5) is 0 Å². The first kappa shape index (κ1) is 9.95. The van der Waals surface area contributed by atoms with Crippen molar-refractivity contribution >= 4 is 5.71 Å². The molecule has 0 aromatic heterocycles. The zero-order valence-corrected chi connectivity index (χ0v) is 8.06. The second-order valence-corrected chi connectivity index (χ2v) is 3.49. The Kier molecular flexibility index (Phi) is 3.22. The molecule has 1 rings (SSSR count). The lowest BCUT2D eigenvalue weighted by Crippen LogP contribution is -2.33. The molecule has 1 unspecified atom stereocenters. The van der Waals surface area contributed by atoms with E-state index in [9.17, 15) is 10.1 Å². The van der Waals surface area contributed by atoms with Crippen LogP contribution in [0, 0.1) is 10.1 Å². The molecule has 0 aromatic carbocycles. The molecule has 1 saturated carbocycles. The molecule has 0 saturated heterocycles. The molecule has 0 N–H and O–H groups in total. The van der Waals surface area contributed by atoms with Crippen molar-refractivity contribution in [2.24, 2.45) is 5.10 Å². The lowest BCUT2D eigenvalue weighted by Gasteiger charge is -2.18. The summed E-state index contributed by atoms with van der Waals surface area (Å²) in [4.78, 5) is 10.4. The zero-order chi connectivity index (χ0) is 9.84. The number of hydrazone groups is 1. The quantitative estimate of drug-likeness (QED) is 0.478. The van der Waals surface area contributed by atoms with Gasteiger partial charge in [0, 0.05) is 25.4 Å². The first-order chi connectivity index (χ1) is 6.11. The van der Waals surface area contributed by atoms with E-state index in [-0.39, 0.29) is 4.92 Å². The Morgan fingerprint density at radius 1 is 1.54 bits per heavy atom. The number of hydrogen-bond acceptors (Lipinski definition) is 4. The van der Waals surface area contributed by atoms with Crippen LogP contribution in [0.15, 0.2) is 5.10 Å². The van der Waals surface area contributed by atoms with E-state index in [1.807, 2.05) is 0 Å². The minimum absolute atomic E-state index is 0.221. The third-order valence-electron chi connectivity index (χ3n) is 2.13. The SMILES string of the molecule is CN(C)/N=C1/CCCCC1[N+](=O)[O-]. The van der Waals surface area contributed by atoms with Crippen LogP contribution in [0.5, 0.6) is 0 Å². The van der Waals surface area contributed by atoms with Crippen LogP contribution < -0.4 is 0 Å². The van der Waals surface area contributed by atoms with Crippen molar-refractivity contribution in [3.8, 4) is 0 Å². The van der Waals surface area contributed by atoms with Gasteiger partial charge < -0.3 is 5.01 Å². The molecule has 0 radical (unpaired) electrons. The molecule has 0 aliphatic heterocycles. The van der Waals surface area contributed by atoms with E-state index in [1.165, 1.54) is 0 Å². The summed E-state index contributed by atoms with van der Waals surface area (Å²) in [6.07, 6.45) is 3.37. The van der Waals surface area contributed by atoms with Crippen LogP contribution in [0.1, 0.15) is 25.7 Å². The number of rotatable bonds is 2. The molecular formula is C8H15N3O2. The fraction of sp³-hybridized carbons (Fsp3) is 0.875. The fourth-order valence-corrected chi connectivity index (χ4v) is 1.58. The van der Waals surface area contributed by atoms with E-state index in [0.29, 0.717) is 6.42 Å². The predicted molar refractivity (Wildman–Crippen MR) is 50.4 cm³/mol.